The maximum Gasteiger partial charge on any atom is 0.371 e. The standard InChI is InChI=1S/C18H18FN3O5/c19-11-1-3-12(4-2-11)20-18(26)21-13-7-9-22(10-8-13)16(23)14-5-6-15(27-14)17(24)25/h1-6,13H,7-10H2,(H,24,25)(H2,20,21,26). The molecule has 1 aliphatic heterocycles. The number of carboxylic acids is 1. The SMILES string of the molecule is O=C(Nc1ccc(F)cc1)NC1CCN(C(=O)c2ccc(C(=O)O)o2)CC1. The lowest BCUT2D eigenvalue weighted by Crippen LogP contribution is -2.47. The lowest BCUT2D eigenvalue weighted by Gasteiger charge is -2.31. The Hall–Kier alpha value is -3.36. The summed E-state index contributed by atoms with van der Waals surface area (Å²) in [5, 5.41) is 14.3. The average molecular weight is 375 g/mol. The van der Waals surface area contributed by atoms with E-state index < -0.39 is 12.0 Å². The van der Waals surface area contributed by atoms with Gasteiger partial charge in [0, 0.05) is 24.8 Å². The summed E-state index contributed by atoms with van der Waals surface area (Å²) in [5.41, 5.74) is 0.480. The molecule has 0 unspecified atom stereocenters. The number of nitrogens with zero attached hydrogens (tertiary/aromatic N) is 1. The van der Waals surface area contributed by atoms with E-state index in [0.29, 0.717) is 31.6 Å². The Morgan fingerprint density at radius 1 is 1.04 bits per heavy atom. The Kier molecular flexibility index (Phi) is 5.39. The number of hydrogen-bond acceptors (Lipinski definition) is 4. The van der Waals surface area contributed by atoms with Crippen LogP contribution in [0.2, 0.25) is 0 Å². The summed E-state index contributed by atoms with van der Waals surface area (Å²) >= 11 is 0. The second-order valence-corrected chi connectivity index (χ2v) is 6.14. The first-order valence-electron chi connectivity index (χ1n) is 8.38. The second kappa shape index (κ2) is 7.90. The predicted octanol–water partition coefficient (Wildman–Crippen LogP) is 2.54. The van der Waals surface area contributed by atoms with E-state index in [9.17, 15) is 18.8 Å². The molecule has 0 saturated carbocycles. The highest BCUT2D eigenvalue weighted by atomic mass is 19.1. The van der Waals surface area contributed by atoms with Crippen LogP contribution in [0.1, 0.15) is 34.0 Å². The van der Waals surface area contributed by atoms with E-state index in [-0.39, 0.29) is 29.3 Å². The highest BCUT2D eigenvalue weighted by Gasteiger charge is 2.26. The number of urea groups is 1. The van der Waals surface area contributed by atoms with E-state index >= 15 is 0 Å². The molecule has 1 aromatic heterocycles. The number of hydrogen-bond donors (Lipinski definition) is 3. The summed E-state index contributed by atoms with van der Waals surface area (Å²) in [5.74, 6) is -2.30. The number of nitrogens with one attached hydrogen (secondary N) is 2. The van der Waals surface area contributed by atoms with Gasteiger partial charge >= 0.3 is 12.0 Å². The third-order valence-corrected chi connectivity index (χ3v) is 4.25. The van der Waals surface area contributed by atoms with Gasteiger partial charge in [0.2, 0.25) is 5.76 Å². The highest BCUT2D eigenvalue weighted by Crippen LogP contribution is 2.16. The summed E-state index contributed by atoms with van der Waals surface area (Å²) in [6, 6.07) is 7.50. The van der Waals surface area contributed by atoms with Crippen molar-refractivity contribution in [2.75, 3.05) is 18.4 Å². The Morgan fingerprint density at radius 2 is 1.67 bits per heavy atom. The molecule has 2 aromatic rings. The number of anilines is 1. The largest absolute Gasteiger partial charge is 0.475 e. The molecule has 8 nitrogen and oxygen atoms in total. The molecule has 1 fully saturated rings. The zero-order valence-electron chi connectivity index (χ0n) is 14.3. The van der Waals surface area contributed by atoms with Crippen LogP contribution in [0.3, 0.4) is 0 Å². The minimum Gasteiger partial charge on any atom is -0.475 e. The minimum absolute atomic E-state index is 0.0205. The maximum atomic E-state index is 12.9. The molecule has 142 valence electrons. The van der Waals surface area contributed by atoms with Crippen LogP contribution in [-0.4, -0.2) is 47.0 Å². The van der Waals surface area contributed by atoms with Crippen LogP contribution in [0, 0.1) is 5.82 Å². The molecular formula is C18H18FN3O5. The van der Waals surface area contributed by atoms with Gasteiger partial charge < -0.3 is 25.1 Å². The molecule has 1 aliphatic rings. The first kappa shape index (κ1) is 18.4. The Labute approximate surface area is 154 Å². The number of halogens is 1. The van der Waals surface area contributed by atoms with E-state index in [0.717, 1.165) is 0 Å². The number of carbonyl (C=O) groups is 3. The topological polar surface area (TPSA) is 112 Å². The van der Waals surface area contributed by atoms with Gasteiger partial charge in [-0.1, -0.05) is 0 Å². The van der Waals surface area contributed by atoms with Crippen LogP contribution in [-0.2, 0) is 0 Å². The quantitative estimate of drug-likeness (QED) is 0.760. The molecule has 1 aromatic carbocycles. The van der Waals surface area contributed by atoms with Crippen LogP contribution < -0.4 is 10.6 Å². The third kappa shape index (κ3) is 4.63. The van der Waals surface area contributed by atoms with E-state index in [1.165, 1.54) is 36.4 Å². The van der Waals surface area contributed by atoms with Crippen LogP contribution in [0.5, 0.6) is 0 Å². The fraction of sp³-hybridized carbons (Fsp3) is 0.278. The average Bonchev–Trinajstić information content (AvgIpc) is 3.14. The lowest BCUT2D eigenvalue weighted by atomic mass is 10.0. The summed E-state index contributed by atoms with van der Waals surface area (Å²) in [6.07, 6.45) is 1.10. The molecule has 0 radical (unpaired) electrons. The van der Waals surface area contributed by atoms with E-state index in [2.05, 4.69) is 10.6 Å². The normalized spacial score (nSPS) is 14.6. The zero-order valence-corrected chi connectivity index (χ0v) is 14.3. The number of benzene rings is 1. The van der Waals surface area contributed by atoms with Crippen LogP contribution in [0.15, 0.2) is 40.8 Å². The van der Waals surface area contributed by atoms with Gasteiger partial charge in [0.05, 0.1) is 0 Å². The maximum absolute atomic E-state index is 12.9. The van der Waals surface area contributed by atoms with Crippen molar-refractivity contribution in [3.8, 4) is 0 Å². The molecule has 0 atom stereocenters. The molecule has 1 saturated heterocycles. The number of aromatic carboxylic acids is 1. The smallest absolute Gasteiger partial charge is 0.371 e. The van der Waals surface area contributed by atoms with Crippen LogP contribution in [0.25, 0.3) is 0 Å². The summed E-state index contributed by atoms with van der Waals surface area (Å²) < 4.78 is 17.9. The van der Waals surface area contributed by atoms with Gasteiger partial charge in [-0.25, -0.2) is 14.0 Å². The molecule has 3 rings (SSSR count). The minimum atomic E-state index is -1.23. The van der Waals surface area contributed by atoms with Gasteiger partial charge in [-0.3, -0.25) is 4.79 Å². The van der Waals surface area contributed by atoms with E-state index in [1.54, 1.807) is 4.90 Å². The van der Waals surface area contributed by atoms with Gasteiger partial charge in [-0.05, 0) is 49.2 Å². The third-order valence-electron chi connectivity index (χ3n) is 4.25. The predicted molar refractivity (Wildman–Crippen MR) is 93.1 cm³/mol. The number of rotatable bonds is 4. The number of piperidine rings is 1. The van der Waals surface area contributed by atoms with Gasteiger partial charge in [0.1, 0.15) is 5.82 Å². The molecule has 2 heterocycles. The van der Waals surface area contributed by atoms with Gasteiger partial charge in [0.25, 0.3) is 5.91 Å². The van der Waals surface area contributed by atoms with Crippen molar-refractivity contribution in [3.63, 3.8) is 0 Å². The van der Waals surface area contributed by atoms with Crippen molar-refractivity contribution in [2.45, 2.75) is 18.9 Å². The summed E-state index contributed by atoms with van der Waals surface area (Å²) in [6.45, 7) is 0.812. The van der Waals surface area contributed by atoms with Crippen molar-refractivity contribution in [1.29, 1.82) is 0 Å². The summed E-state index contributed by atoms with van der Waals surface area (Å²) in [4.78, 5) is 36.7. The van der Waals surface area contributed by atoms with Crippen molar-refractivity contribution >= 4 is 23.6 Å². The molecule has 27 heavy (non-hydrogen) atoms. The van der Waals surface area contributed by atoms with E-state index in [4.69, 9.17) is 9.52 Å². The fourth-order valence-corrected chi connectivity index (χ4v) is 2.84. The molecule has 3 amide bonds. The van der Waals surface area contributed by atoms with Gasteiger partial charge in [-0.15, -0.1) is 0 Å². The number of likely N-dealkylation sites (tertiary alicyclic amines) is 1. The fourth-order valence-electron chi connectivity index (χ4n) is 2.84. The molecule has 0 spiro atoms. The first-order valence-corrected chi connectivity index (χ1v) is 8.38. The van der Waals surface area contributed by atoms with Crippen molar-refractivity contribution in [2.24, 2.45) is 0 Å². The summed E-state index contributed by atoms with van der Waals surface area (Å²) in [7, 11) is 0. The van der Waals surface area contributed by atoms with Crippen molar-refractivity contribution in [1.82, 2.24) is 10.2 Å². The van der Waals surface area contributed by atoms with Crippen molar-refractivity contribution in [3.05, 3.63) is 53.7 Å². The van der Waals surface area contributed by atoms with E-state index in [1.807, 2.05) is 0 Å². The zero-order chi connectivity index (χ0) is 19.4. The molecule has 9 heteroatoms. The molecule has 0 bridgehead atoms. The lowest BCUT2D eigenvalue weighted by molar-refractivity contribution is 0.0638. The Balaban J connectivity index is 1.48. The Morgan fingerprint density at radius 3 is 2.26 bits per heavy atom. The number of carboxylic acid groups (broad SMARTS) is 1. The van der Waals surface area contributed by atoms with Crippen LogP contribution >= 0.6 is 0 Å². The van der Waals surface area contributed by atoms with Crippen LogP contribution in [0.4, 0.5) is 14.9 Å². The highest BCUT2D eigenvalue weighted by molar-refractivity contribution is 5.93. The number of carbonyl (C=O) groups excluding carboxylic acids is 2. The van der Waals surface area contributed by atoms with Gasteiger partial charge in [-0.2, -0.15) is 0 Å². The van der Waals surface area contributed by atoms with Gasteiger partial charge in [0.15, 0.2) is 5.76 Å². The molecule has 0 aliphatic carbocycles. The Bertz CT molecular complexity index is 841. The number of amides is 3. The van der Waals surface area contributed by atoms with Crippen molar-refractivity contribution < 1.29 is 28.3 Å². The monoisotopic (exact) mass is 375 g/mol. The second-order valence-electron chi connectivity index (χ2n) is 6.14. The number of furan rings is 1. The molecular weight excluding hydrogens is 357 g/mol. The first-order chi connectivity index (χ1) is 12.9. The molecule has 3 N–H and O–H groups in total.